The number of nitrogens with one attached hydrogen (secondary N) is 2. The van der Waals surface area contributed by atoms with Crippen molar-refractivity contribution in [2.24, 2.45) is 0 Å². The maximum absolute atomic E-state index is 9.93. The van der Waals surface area contributed by atoms with Crippen LogP contribution in [0.3, 0.4) is 0 Å². The van der Waals surface area contributed by atoms with Crippen molar-refractivity contribution in [3.05, 3.63) is 41.3 Å². The van der Waals surface area contributed by atoms with Crippen molar-refractivity contribution in [1.82, 2.24) is 15.0 Å². The first-order valence-corrected chi connectivity index (χ1v) is 6.43. The van der Waals surface area contributed by atoms with Crippen molar-refractivity contribution in [1.29, 1.82) is 0 Å². The summed E-state index contributed by atoms with van der Waals surface area (Å²) in [6.45, 7) is 5.80. The molecule has 20 heavy (non-hydrogen) atoms. The molecule has 0 aliphatic carbocycles. The highest BCUT2D eigenvalue weighted by Gasteiger charge is 2.10. The van der Waals surface area contributed by atoms with Crippen LogP contribution >= 0.6 is 0 Å². The van der Waals surface area contributed by atoms with Gasteiger partial charge in [-0.3, -0.25) is 0 Å². The number of nitrogens with zero attached hydrogens (tertiary/aromatic N) is 2. The summed E-state index contributed by atoms with van der Waals surface area (Å²) in [5.41, 5.74) is 3.53. The summed E-state index contributed by atoms with van der Waals surface area (Å²) in [4.78, 5) is 12.0. The molecule has 1 aromatic carbocycles. The Morgan fingerprint density at radius 2 is 1.90 bits per heavy atom. The second-order valence-electron chi connectivity index (χ2n) is 4.98. The van der Waals surface area contributed by atoms with Crippen molar-refractivity contribution in [2.75, 3.05) is 5.32 Å². The number of hydrogen-bond acceptors (Lipinski definition) is 4. The van der Waals surface area contributed by atoms with E-state index in [0.717, 1.165) is 22.3 Å². The van der Waals surface area contributed by atoms with Crippen LogP contribution in [0.25, 0.3) is 11.0 Å². The molecule has 0 aliphatic heterocycles. The van der Waals surface area contributed by atoms with Gasteiger partial charge in [-0.25, -0.2) is 9.97 Å². The van der Waals surface area contributed by atoms with Gasteiger partial charge in [0.15, 0.2) is 0 Å². The minimum atomic E-state index is 0.201. The Morgan fingerprint density at radius 1 is 1.10 bits per heavy atom. The van der Waals surface area contributed by atoms with E-state index in [1.807, 2.05) is 39.0 Å². The number of H-pyrrole nitrogens is 1. The smallest absolute Gasteiger partial charge is 0.143 e. The zero-order valence-electron chi connectivity index (χ0n) is 11.7. The molecule has 0 saturated heterocycles. The van der Waals surface area contributed by atoms with Crippen LogP contribution in [0.2, 0.25) is 0 Å². The van der Waals surface area contributed by atoms with Crippen LogP contribution in [-0.2, 0) is 0 Å². The predicted molar refractivity (Wildman–Crippen MR) is 79.5 cm³/mol. The van der Waals surface area contributed by atoms with Gasteiger partial charge < -0.3 is 15.4 Å². The average Bonchev–Trinajstić information content (AvgIpc) is 2.74. The van der Waals surface area contributed by atoms with Gasteiger partial charge in [0.25, 0.3) is 0 Å². The summed E-state index contributed by atoms with van der Waals surface area (Å²) in [6, 6.07) is 7.41. The second kappa shape index (κ2) is 4.52. The molecule has 2 heterocycles. The minimum absolute atomic E-state index is 0.201. The van der Waals surface area contributed by atoms with E-state index in [-0.39, 0.29) is 5.75 Å². The van der Waals surface area contributed by atoms with Crippen LogP contribution in [-0.4, -0.2) is 20.1 Å². The first-order valence-electron chi connectivity index (χ1n) is 6.43. The van der Waals surface area contributed by atoms with E-state index in [1.165, 1.54) is 0 Å². The highest BCUT2D eigenvalue weighted by molar-refractivity contribution is 5.90. The quantitative estimate of drug-likeness (QED) is 0.623. The monoisotopic (exact) mass is 268 g/mol. The molecule has 0 spiro atoms. The summed E-state index contributed by atoms with van der Waals surface area (Å²) >= 11 is 0. The molecule has 3 rings (SSSR count). The summed E-state index contributed by atoms with van der Waals surface area (Å²) in [5.74, 6) is 1.57. The molecular weight excluding hydrogens is 252 g/mol. The lowest BCUT2D eigenvalue weighted by Crippen LogP contribution is -1.98. The minimum Gasteiger partial charge on any atom is -0.506 e. The van der Waals surface area contributed by atoms with Gasteiger partial charge in [0.1, 0.15) is 23.0 Å². The summed E-state index contributed by atoms with van der Waals surface area (Å²) < 4.78 is 0. The Kier molecular flexibility index (Phi) is 2.82. The van der Waals surface area contributed by atoms with Gasteiger partial charge in [0.05, 0.1) is 11.1 Å². The number of phenols is 1. The van der Waals surface area contributed by atoms with Gasteiger partial charge in [-0.05, 0) is 44.5 Å². The fourth-order valence-corrected chi connectivity index (χ4v) is 2.23. The maximum Gasteiger partial charge on any atom is 0.143 e. The Hall–Kier alpha value is -2.56. The van der Waals surface area contributed by atoms with Crippen LogP contribution in [0, 0.1) is 20.8 Å². The predicted octanol–water partition coefficient (Wildman–Crippen LogP) is 3.33. The Bertz CT molecular complexity index is 792. The first-order chi connectivity index (χ1) is 9.52. The van der Waals surface area contributed by atoms with Gasteiger partial charge in [-0.1, -0.05) is 6.07 Å². The number of anilines is 2. The van der Waals surface area contributed by atoms with Gasteiger partial charge in [0.2, 0.25) is 0 Å². The van der Waals surface area contributed by atoms with E-state index in [0.29, 0.717) is 17.3 Å². The number of hydrogen-bond donors (Lipinski definition) is 3. The van der Waals surface area contributed by atoms with Gasteiger partial charge >= 0.3 is 0 Å². The van der Waals surface area contributed by atoms with Crippen molar-refractivity contribution < 1.29 is 5.11 Å². The molecule has 0 radical (unpaired) electrons. The number of aromatic hydroxyl groups is 1. The SMILES string of the molecule is Cc1ccc(O)c(Nc2nc(C)nc3[nH]c(C)cc23)c1. The van der Waals surface area contributed by atoms with Crippen LogP contribution in [0.1, 0.15) is 17.1 Å². The third kappa shape index (κ3) is 2.18. The number of rotatable bonds is 2. The molecule has 0 aliphatic rings. The standard InChI is InChI=1S/C15H16N4O/c1-8-4-5-13(20)12(6-8)19-15-11-7-9(2)16-14(11)17-10(3)18-15/h4-7,20H,1-3H3,(H2,16,17,18,19). The fourth-order valence-electron chi connectivity index (χ4n) is 2.23. The molecule has 5 nitrogen and oxygen atoms in total. The molecule has 5 heteroatoms. The molecular formula is C15H16N4O. The number of phenolic OH excluding ortho intramolecular Hbond substituents is 1. The highest BCUT2D eigenvalue weighted by atomic mass is 16.3. The fraction of sp³-hybridized carbons (Fsp3) is 0.200. The number of fused-ring (bicyclic) bond motifs is 1. The van der Waals surface area contributed by atoms with Crippen LogP contribution < -0.4 is 5.32 Å². The summed E-state index contributed by atoms with van der Waals surface area (Å²) in [6.07, 6.45) is 0. The molecule has 3 aromatic rings. The number of aryl methyl sites for hydroxylation is 3. The van der Waals surface area contributed by atoms with Crippen molar-refractivity contribution >= 4 is 22.5 Å². The van der Waals surface area contributed by atoms with Crippen LogP contribution in [0.4, 0.5) is 11.5 Å². The second-order valence-corrected chi connectivity index (χ2v) is 4.98. The molecule has 3 N–H and O–H groups in total. The molecule has 0 atom stereocenters. The maximum atomic E-state index is 9.93. The summed E-state index contributed by atoms with van der Waals surface area (Å²) in [5, 5.41) is 14.0. The van der Waals surface area contributed by atoms with Crippen molar-refractivity contribution in [2.45, 2.75) is 20.8 Å². The topological polar surface area (TPSA) is 73.8 Å². The first kappa shape index (κ1) is 12.5. The molecule has 0 saturated carbocycles. The highest BCUT2D eigenvalue weighted by Crippen LogP contribution is 2.30. The van der Waals surface area contributed by atoms with E-state index >= 15 is 0 Å². The molecule has 0 fully saturated rings. The lowest BCUT2D eigenvalue weighted by atomic mass is 10.2. The van der Waals surface area contributed by atoms with Gasteiger partial charge in [-0.2, -0.15) is 0 Å². The van der Waals surface area contributed by atoms with Crippen LogP contribution in [0.5, 0.6) is 5.75 Å². The van der Waals surface area contributed by atoms with Crippen molar-refractivity contribution in [3.63, 3.8) is 0 Å². The Balaban J connectivity index is 2.12. The third-order valence-electron chi connectivity index (χ3n) is 3.14. The summed E-state index contributed by atoms with van der Waals surface area (Å²) in [7, 11) is 0. The number of aromatic nitrogens is 3. The Morgan fingerprint density at radius 3 is 2.70 bits per heavy atom. The Labute approximate surface area is 116 Å². The molecule has 0 unspecified atom stereocenters. The molecule has 0 bridgehead atoms. The zero-order valence-corrected chi connectivity index (χ0v) is 11.7. The molecule has 102 valence electrons. The van der Waals surface area contributed by atoms with E-state index in [9.17, 15) is 5.11 Å². The largest absolute Gasteiger partial charge is 0.506 e. The number of benzene rings is 1. The van der Waals surface area contributed by atoms with E-state index in [2.05, 4.69) is 20.3 Å². The average molecular weight is 268 g/mol. The van der Waals surface area contributed by atoms with Gasteiger partial charge in [-0.15, -0.1) is 0 Å². The zero-order chi connectivity index (χ0) is 14.3. The number of aromatic amines is 1. The van der Waals surface area contributed by atoms with E-state index in [1.54, 1.807) is 6.07 Å². The van der Waals surface area contributed by atoms with E-state index < -0.39 is 0 Å². The van der Waals surface area contributed by atoms with Gasteiger partial charge in [0, 0.05) is 5.69 Å². The molecule has 0 amide bonds. The lowest BCUT2D eigenvalue weighted by Gasteiger charge is -2.10. The third-order valence-corrected chi connectivity index (χ3v) is 3.14. The van der Waals surface area contributed by atoms with Crippen LogP contribution in [0.15, 0.2) is 24.3 Å². The lowest BCUT2D eigenvalue weighted by molar-refractivity contribution is 0.477. The van der Waals surface area contributed by atoms with E-state index in [4.69, 9.17) is 0 Å². The molecule has 2 aromatic heterocycles. The normalized spacial score (nSPS) is 10.9. The van der Waals surface area contributed by atoms with Crippen molar-refractivity contribution in [3.8, 4) is 5.75 Å².